The Morgan fingerprint density at radius 2 is 2.46 bits per heavy atom. The molecule has 0 spiro atoms. The van der Waals surface area contributed by atoms with Gasteiger partial charge in [-0.25, -0.2) is 4.98 Å². The highest BCUT2D eigenvalue weighted by molar-refractivity contribution is 5.18. The summed E-state index contributed by atoms with van der Waals surface area (Å²) in [6.45, 7) is 2.94. The van der Waals surface area contributed by atoms with Crippen LogP contribution < -0.4 is 5.73 Å². The molecule has 4 nitrogen and oxygen atoms in total. The van der Waals surface area contributed by atoms with Crippen LogP contribution in [0.3, 0.4) is 0 Å². The van der Waals surface area contributed by atoms with Gasteiger partial charge in [0, 0.05) is 6.54 Å². The smallest absolute Gasteiger partial charge is 0.0948 e. The van der Waals surface area contributed by atoms with Crippen molar-refractivity contribution in [3.05, 3.63) is 18.2 Å². The van der Waals surface area contributed by atoms with Gasteiger partial charge in [-0.3, -0.25) is 0 Å². The van der Waals surface area contributed by atoms with Crippen molar-refractivity contribution in [1.29, 1.82) is 0 Å². The van der Waals surface area contributed by atoms with Gasteiger partial charge in [0.1, 0.15) is 0 Å². The molecule has 1 aromatic rings. The van der Waals surface area contributed by atoms with Crippen molar-refractivity contribution in [2.45, 2.75) is 38.0 Å². The predicted molar refractivity (Wildman–Crippen MR) is 49.0 cm³/mol. The van der Waals surface area contributed by atoms with Crippen LogP contribution in [0.5, 0.6) is 0 Å². The van der Waals surface area contributed by atoms with Crippen molar-refractivity contribution in [3.63, 3.8) is 0 Å². The van der Waals surface area contributed by atoms with Crippen LogP contribution in [0.2, 0.25) is 0 Å². The third-order valence-corrected chi connectivity index (χ3v) is 2.76. The van der Waals surface area contributed by atoms with E-state index in [9.17, 15) is 5.11 Å². The Balaban J connectivity index is 2.25. The molecule has 0 radical (unpaired) electrons. The van der Waals surface area contributed by atoms with Gasteiger partial charge in [0.15, 0.2) is 0 Å². The fourth-order valence-electron chi connectivity index (χ4n) is 1.98. The van der Waals surface area contributed by atoms with Gasteiger partial charge in [-0.15, -0.1) is 0 Å². The monoisotopic (exact) mass is 181 g/mol. The molecule has 0 saturated heterocycles. The van der Waals surface area contributed by atoms with Gasteiger partial charge in [0.05, 0.1) is 29.9 Å². The molecule has 0 unspecified atom stereocenters. The first-order chi connectivity index (χ1) is 6.15. The van der Waals surface area contributed by atoms with Crippen molar-refractivity contribution in [3.8, 4) is 0 Å². The zero-order valence-electron chi connectivity index (χ0n) is 7.77. The molecule has 0 aliphatic heterocycles. The molecule has 72 valence electrons. The minimum Gasteiger partial charge on any atom is -0.393 e. The van der Waals surface area contributed by atoms with Crippen molar-refractivity contribution < 1.29 is 5.11 Å². The minimum absolute atomic E-state index is 0.231. The number of rotatable bonds is 2. The lowest BCUT2D eigenvalue weighted by Crippen LogP contribution is -2.52. The maximum atomic E-state index is 9.24. The number of aliphatic hydroxyl groups excluding tert-OH is 1. The lowest BCUT2D eigenvalue weighted by molar-refractivity contribution is 0.0171. The van der Waals surface area contributed by atoms with Gasteiger partial charge in [0.2, 0.25) is 0 Å². The summed E-state index contributed by atoms with van der Waals surface area (Å²) >= 11 is 0. The van der Waals surface area contributed by atoms with E-state index in [1.165, 1.54) is 0 Å². The second-order valence-corrected chi connectivity index (χ2v) is 3.78. The first kappa shape index (κ1) is 8.72. The van der Waals surface area contributed by atoms with Crippen molar-refractivity contribution in [1.82, 2.24) is 9.55 Å². The summed E-state index contributed by atoms with van der Waals surface area (Å²) in [5.41, 5.74) is 6.82. The number of nitrogens with zero attached hydrogens (tertiary/aromatic N) is 2. The highest BCUT2D eigenvalue weighted by Gasteiger charge is 2.43. The third-order valence-electron chi connectivity index (χ3n) is 2.76. The molecule has 13 heavy (non-hydrogen) atoms. The van der Waals surface area contributed by atoms with E-state index in [-0.39, 0.29) is 11.6 Å². The van der Waals surface area contributed by atoms with E-state index in [4.69, 9.17) is 5.73 Å². The van der Waals surface area contributed by atoms with Crippen LogP contribution in [-0.4, -0.2) is 20.8 Å². The molecule has 4 heteroatoms. The maximum absolute atomic E-state index is 9.24. The van der Waals surface area contributed by atoms with Crippen molar-refractivity contribution >= 4 is 0 Å². The van der Waals surface area contributed by atoms with Crippen LogP contribution in [0, 0.1) is 0 Å². The average molecular weight is 181 g/mol. The van der Waals surface area contributed by atoms with Crippen molar-refractivity contribution in [2.24, 2.45) is 5.73 Å². The molecule has 0 bridgehead atoms. The second-order valence-electron chi connectivity index (χ2n) is 3.78. The lowest BCUT2D eigenvalue weighted by atomic mass is 9.73. The first-order valence-electron chi connectivity index (χ1n) is 4.63. The topological polar surface area (TPSA) is 64.1 Å². The Labute approximate surface area is 77.4 Å². The summed E-state index contributed by atoms with van der Waals surface area (Å²) < 4.78 is 2.03. The van der Waals surface area contributed by atoms with Crippen LogP contribution in [-0.2, 0) is 12.1 Å². The predicted octanol–water partition coefficient (Wildman–Crippen LogP) is 0.212. The molecular weight excluding hydrogens is 166 g/mol. The molecule has 0 amide bonds. The summed E-state index contributed by atoms with van der Waals surface area (Å²) in [6.07, 6.45) is 4.66. The SMILES string of the molecule is CCn1cncc1C1(N)CC(O)C1. The fraction of sp³-hybridized carbons (Fsp3) is 0.667. The molecule has 2 rings (SSSR count). The van der Waals surface area contributed by atoms with Crippen LogP contribution in [0.4, 0.5) is 0 Å². The Morgan fingerprint density at radius 3 is 3.00 bits per heavy atom. The summed E-state index contributed by atoms with van der Waals surface area (Å²) in [4.78, 5) is 4.07. The summed E-state index contributed by atoms with van der Waals surface area (Å²) in [7, 11) is 0. The normalized spacial score (nSPS) is 33.0. The van der Waals surface area contributed by atoms with Gasteiger partial charge in [-0.2, -0.15) is 0 Å². The van der Waals surface area contributed by atoms with Crippen LogP contribution in [0.25, 0.3) is 0 Å². The van der Waals surface area contributed by atoms with Gasteiger partial charge < -0.3 is 15.4 Å². The van der Waals surface area contributed by atoms with E-state index >= 15 is 0 Å². The van der Waals surface area contributed by atoms with Gasteiger partial charge in [-0.1, -0.05) is 0 Å². The van der Waals surface area contributed by atoms with E-state index in [0.29, 0.717) is 12.8 Å². The minimum atomic E-state index is -0.341. The van der Waals surface area contributed by atoms with Crippen LogP contribution in [0.15, 0.2) is 12.5 Å². The number of aliphatic hydroxyl groups is 1. The van der Waals surface area contributed by atoms with E-state index in [1.807, 2.05) is 4.57 Å². The fourth-order valence-corrected chi connectivity index (χ4v) is 1.98. The highest BCUT2D eigenvalue weighted by atomic mass is 16.3. The van der Waals surface area contributed by atoms with E-state index in [0.717, 1.165) is 12.2 Å². The van der Waals surface area contributed by atoms with Gasteiger partial charge in [0.25, 0.3) is 0 Å². The maximum Gasteiger partial charge on any atom is 0.0948 e. The Hall–Kier alpha value is -0.870. The molecule has 1 aromatic heterocycles. The van der Waals surface area contributed by atoms with Crippen LogP contribution >= 0.6 is 0 Å². The van der Waals surface area contributed by atoms with E-state index in [2.05, 4.69) is 11.9 Å². The standard InChI is InChI=1S/C9H15N3O/c1-2-12-6-11-5-8(12)9(10)3-7(13)4-9/h5-7,13H,2-4,10H2,1H3. The van der Waals surface area contributed by atoms with Crippen LogP contribution in [0.1, 0.15) is 25.5 Å². The Bertz CT molecular complexity index is 302. The summed E-state index contributed by atoms with van der Waals surface area (Å²) in [5.74, 6) is 0. The third kappa shape index (κ3) is 1.26. The largest absolute Gasteiger partial charge is 0.393 e. The lowest BCUT2D eigenvalue weighted by Gasteiger charge is -2.42. The molecule has 1 aliphatic rings. The molecule has 1 fully saturated rings. The van der Waals surface area contributed by atoms with E-state index < -0.39 is 0 Å². The number of hydrogen-bond acceptors (Lipinski definition) is 3. The molecule has 3 N–H and O–H groups in total. The average Bonchev–Trinajstić information content (AvgIpc) is 2.48. The molecule has 1 aliphatic carbocycles. The quantitative estimate of drug-likeness (QED) is 0.685. The number of imidazole rings is 1. The van der Waals surface area contributed by atoms with Crippen molar-refractivity contribution in [2.75, 3.05) is 0 Å². The number of aromatic nitrogens is 2. The van der Waals surface area contributed by atoms with E-state index in [1.54, 1.807) is 12.5 Å². The molecular formula is C9H15N3O. The highest BCUT2D eigenvalue weighted by Crippen LogP contribution is 2.38. The number of hydrogen-bond donors (Lipinski definition) is 2. The zero-order chi connectivity index (χ0) is 9.47. The molecule has 1 heterocycles. The second kappa shape index (κ2) is 2.82. The Kier molecular flexibility index (Phi) is 1.89. The summed E-state index contributed by atoms with van der Waals surface area (Å²) in [5, 5.41) is 9.24. The van der Waals surface area contributed by atoms with Gasteiger partial charge >= 0.3 is 0 Å². The Morgan fingerprint density at radius 1 is 1.77 bits per heavy atom. The molecule has 0 atom stereocenters. The number of aryl methyl sites for hydroxylation is 1. The number of nitrogens with two attached hydrogens (primary N) is 1. The summed E-state index contributed by atoms with van der Waals surface area (Å²) in [6, 6.07) is 0. The molecule has 1 saturated carbocycles. The molecule has 0 aromatic carbocycles. The first-order valence-corrected chi connectivity index (χ1v) is 4.63. The zero-order valence-corrected chi connectivity index (χ0v) is 7.77. The van der Waals surface area contributed by atoms with Gasteiger partial charge in [-0.05, 0) is 19.8 Å².